The summed E-state index contributed by atoms with van der Waals surface area (Å²) >= 11 is 1.48. The minimum absolute atomic E-state index is 0.142. The standard InChI is InChI=1S/C17H21NO2S/c19-10-4-7-15-11-14(12-21-15)17(20)18-9-3-6-13-5-1-2-8-16(13)18/h11-13,16,19H,1-3,5-6,8-10H2. The number of rotatable bonds is 1. The zero-order chi connectivity index (χ0) is 14.7. The van der Waals surface area contributed by atoms with Gasteiger partial charge in [-0.05, 0) is 37.7 Å². The first-order chi connectivity index (χ1) is 10.3. The quantitative estimate of drug-likeness (QED) is 0.810. The molecule has 3 nitrogen and oxygen atoms in total. The van der Waals surface area contributed by atoms with E-state index < -0.39 is 0 Å². The zero-order valence-corrected chi connectivity index (χ0v) is 13.0. The Hall–Kier alpha value is -1.31. The average Bonchev–Trinajstić information content (AvgIpc) is 3.00. The van der Waals surface area contributed by atoms with E-state index in [-0.39, 0.29) is 12.5 Å². The first kappa shape index (κ1) is 14.6. The van der Waals surface area contributed by atoms with Gasteiger partial charge in [-0.1, -0.05) is 24.7 Å². The average molecular weight is 303 g/mol. The van der Waals surface area contributed by atoms with Gasteiger partial charge < -0.3 is 10.0 Å². The molecule has 3 rings (SSSR count). The molecule has 1 saturated heterocycles. The van der Waals surface area contributed by atoms with E-state index >= 15 is 0 Å². The molecule has 1 aliphatic heterocycles. The topological polar surface area (TPSA) is 40.5 Å². The summed E-state index contributed by atoms with van der Waals surface area (Å²) in [6.45, 7) is 0.755. The fourth-order valence-electron chi connectivity index (χ4n) is 3.68. The highest BCUT2D eigenvalue weighted by molar-refractivity contribution is 7.10. The Balaban J connectivity index is 1.75. The maximum absolute atomic E-state index is 12.8. The summed E-state index contributed by atoms with van der Waals surface area (Å²) in [4.78, 5) is 15.7. The van der Waals surface area contributed by atoms with Crippen LogP contribution in [0.25, 0.3) is 0 Å². The molecule has 1 saturated carbocycles. The van der Waals surface area contributed by atoms with E-state index in [0.717, 1.165) is 29.8 Å². The molecule has 0 bridgehead atoms. The maximum Gasteiger partial charge on any atom is 0.255 e. The molecule has 4 heteroatoms. The third-order valence-corrected chi connectivity index (χ3v) is 5.49. The molecule has 0 spiro atoms. The van der Waals surface area contributed by atoms with Gasteiger partial charge in [0, 0.05) is 18.0 Å². The van der Waals surface area contributed by atoms with Gasteiger partial charge in [0.1, 0.15) is 6.61 Å². The number of hydrogen-bond donors (Lipinski definition) is 1. The van der Waals surface area contributed by atoms with Crippen molar-refractivity contribution in [3.63, 3.8) is 0 Å². The minimum Gasteiger partial charge on any atom is -0.384 e. The number of aliphatic hydroxyl groups excluding tert-OH is 1. The second kappa shape index (κ2) is 6.64. The van der Waals surface area contributed by atoms with Crippen LogP contribution in [0.15, 0.2) is 11.4 Å². The molecule has 112 valence electrons. The lowest BCUT2D eigenvalue weighted by atomic mass is 9.78. The van der Waals surface area contributed by atoms with E-state index in [4.69, 9.17) is 5.11 Å². The van der Waals surface area contributed by atoms with E-state index in [1.165, 1.54) is 37.0 Å². The Bertz CT molecular complexity index is 567. The molecule has 1 aromatic heterocycles. The Labute approximate surface area is 130 Å². The van der Waals surface area contributed by atoms with E-state index in [9.17, 15) is 4.79 Å². The number of amides is 1. The SMILES string of the molecule is O=C(c1csc(C#CCO)c1)N1CCCC2CCCCC21. The molecular formula is C17H21NO2S. The number of fused-ring (bicyclic) bond motifs is 1. The Morgan fingerprint density at radius 1 is 1.33 bits per heavy atom. The molecule has 21 heavy (non-hydrogen) atoms. The summed E-state index contributed by atoms with van der Waals surface area (Å²) in [5.41, 5.74) is 0.758. The van der Waals surface area contributed by atoms with Gasteiger partial charge in [-0.2, -0.15) is 0 Å². The van der Waals surface area contributed by atoms with Crippen LogP contribution in [0, 0.1) is 17.8 Å². The number of carbonyl (C=O) groups is 1. The second-order valence-corrected chi connectivity index (χ2v) is 6.82. The van der Waals surface area contributed by atoms with Crippen LogP contribution in [0.5, 0.6) is 0 Å². The number of aliphatic hydroxyl groups is 1. The summed E-state index contributed by atoms with van der Waals surface area (Å²) in [7, 11) is 0. The van der Waals surface area contributed by atoms with Crippen molar-refractivity contribution in [1.29, 1.82) is 0 Å². The van der Waals surface area contributed by atoms with Crippen LogP contribution in [0.2, 0.25) is 0 Å². The summed E-state index contributed by atoms with van der Waals surface area (Å²) in [6, 6.07) is 2.31. The summed E-state index contributed by atoms with van der Waals surface area (Å²) in [5.74, 6) is 6.39. The van der Waals surface area contributed by atoms with Crippen molar-refractivity contribution in [3.8, 4) is 11.8 Å². The molecule has 0 aromatic carbocycles. The molecule has 1 aliphatic carbocycles. The van der Waals surface area contributed by atoms with Gasteiger partial charge in [0.15, 0.2) is 0 Å². The Morgan fingerprint density at radius 3 is 3.00 bits per heavy atom. The van der Waals surface area contributed by atoms with Gasteiger partial charge in [0.2, 0.25) is 0 Å². The van der Waals surface area contributed by atoms with E-state index in [1.54, 1.807) is 0 Å². The van der Waals surface area contributed by atoms with Crippen molar-refractivity contribution in [2.45, 2.75) is 44.6 Å². The highest BCUT2D eigenvalue weighted by atomic mass is 32.1. The fraction of sp³-hybridized carbons (Fsp3) is 0.588. The molecule has 0 radical (unpaired) electrons. The molecule has 2 heterocycles. The van der Waals surface area contributed by atoms with Crippen molar-refractivity contribution in [2.75, 3.05) is 13.2 Å². The monoisotopic (exact) mass is 303 g/mol. The largest absolute Gasteiger partial charge is 0.384 e. The minimum atomic E-state index is -0.142. The molecule has 2 fully saturated rings. The molecule has 1 aromatic rings. The van der Waals surface area contributed by atoms with E-state index in [2.05, 4.69) is 16.7 Å². The number of nitrogens with zero attached hydrogens (tertiary/aromatic N) is 1. The molecule has 2 atom stereocenters. The predicted molar refractivity (Wildman–Crippen MR) is 84.3 cm³/mol. The highest BCUT2D eigenvalue weighted by Crippen LogP contribution is 2.36. The smallest absolute Gasteiger partial charge is 0.255 e. The van der Waals surface area contributed by atoms with Crippen LogP contribution in [-0.2, 0) is 0 Å². The molecular weight excluding hydrogens is 282 g/mol. The number of piperidine rings is 1. The van der Waals surface area contributed by atoms with Crippen LogP contribution in [-0.4, -0.2) is 35.1 Å². The number of hydrogen-bond acceptors (Lipinski definition) is 3. The lowest BCUT2D eigenvalue weighted by molar-refractivity contribution is 0.0391. The van der Waals surface area contributed by atoms with Gasteiger partial charge in [-0.15, -0.1) is 11.3 Å². The van der Waals surface area contributed by atoms with Crippen LogP contribution < -0.4 is 0 Å². The number of likely N-dealkylation sites (tertiary alicyclic amines) is 1. The van der Waals surface area contributed by atoms with Crippen molar-refractivity contribution in [1.82, 2.24) is 4.90 Å². The third kappa shape index (κ3) is 3.14. The van der Waals surface area contributed by atoms with Gasteiger partial charge in [0.05, 0.1) is 10.4 Å². The van der Waals surface area contributed by atoms with Crippen LogP contribution in [0.4, 0.5) is 0 Å². The van der Waals surface area contributed by atoms with Gasteiger partial charge >= 0.3 is 0 Å². The van der Waals surface area contributed by atoms with Crippen molar-refractivity contribution in [3.05, 3.63) is 21.9 Å². The van der Waals surface area contributed by atoms with Gasteiger partial charge in [-0.3, -0.25) is 4.79 Å². The van der Waals surface area contributed by atoms with Gasteiger partial charge in [0.25, 0.3) is 5.91 Å². The lowest BCUT2D eigenvalue weighted by Gasteiger charge is -2.44. The second-order valence-electron chi connectivity index (χ2n) is 5.91. The van der Waals surface area contributed by atoms with E-state index in [1.807, 2.05) is 11.4 Å². The van der Waals surface area contributed by atoms with Crippen molar-refractivity contribution >= 4 is 17.2 Å². The summed E-state index contributed by atoms with van der Waals surface area (Å²) in [6.07, 6.45) is 7.44. The maximum atomic E-state index is 12.8. The van der Waals surface area contributed by atoms with Crippen molar-refractivity contribution in [2.24, 2.45) is 5.92 Å². The lowest BCUT2D eigenvalue weighted by Crippen LogP contribution is -2.49. The van der Waals surface area contributed by atoms with Crippen LogP contribution >= 0.6 is 11.3 Å². The number of thiophene rings is 1. The number of carbonyl (C=O) groups excluding carboxylic acids is 1. The van der Waals surface area contributed by atoms with Crippen molar-refractivity contribution < 1.29 is 9.90 Å². The third-order valence-electron chi connectivity index (χ3n) is 4.64. The first-order valence-corrected chi connectivity index (χ1v) is 8.67. The fourth-order valence-corrected chi connectivity index (χ4v) is 4.43. The summed E-state index contributed by atoms with van der Waals surface area (Å²) < 4.78 is 0. The molecule has 2 aliphatic rings. The molecule has 2 unspecified atom stereocenters. The normalized spacial score (nSPS) is 24.9. The van der Waals surface area contributed by atoms with Crippen LogP contribution in [0.3, 0.4) is 0 Å². The molecule has 1 N–H and O–H groups in total. The molecule has 1 amide bonds. The summed E-state index contributed by atoms with van der Waals surface area (Å²) in [5, 5.41) is 10.6. The Morgan fingerprint density at radius 2 is 2.14 bits per heavy atom. The van der Waals surface area contributed by atoms with Gasteiger partial charge in [-0.25, -0.2) is 0 Å². The highest BCUT2D eigenvalue weighted by Gasteiger charge is 2.36. The zero-order valence-electron chi connectivity index (χ0n) is 12.2. The Kier molecular flexibility index (Phi) is 4.62. The predicted octanol–water partition coefficient (Wildman–Crippen LogP) is 2.89. The van der Waals surface area contributed by atoms with Crippen LogP contribution in [0.1, 0.15) is 53.8 Å². The van der Waals surface area contributed by atoms with E-state index in [0.29, 0.717) is 12.0 Å². The first-order valence-electron chi connectivity index (χ1n) is 7.79.